The third-order valence-electron chi connectivity index (χ3n) is 5.82. The summed E-state index contributed by atoms with van der Waals surface area (Å²) >= 11 is 6.32. The van der Waals surface area contributed by atoms with E-state index in [-0.39, 0.29) is 17.3 Å². The van der Waals surface area contributed by atoms with Crippen LogP contribution in [0.1, 0.15) is 25.8 Å². The van der Waals surface area contributed by atoms with Gasteiger partial charge >= 0.3 is 0 Å². The molecule has 2 amide bonds. The Morgan fingerprint density at radius 1 is 0.971 bits per heavy atom. The number of carbonyl (C=O) groups is 2. The second-order valence-corrected chi connectivity index (χ2v) is 10.7. The van der Waals surface area contributed by atoms with E-state index in [9.17, 15) is 18.0 Å². The quantitative estimate of drug-likeness (QED) is 0.441. The van der Waals surface area contributed by atoms with Crippen LogP contribution < -0.4 is 5.32 Å². The normalized spacial score (nSPS) is 12.5. The number of halogens is 1. The molecule has 0 spiro atoms. The van der Waals surface area contributed by atoms with E-state index in [1.54, 1.807) is 43.3 Å². The van der Waals surface area contributed by atoms with Gasteiger partial charge in [0.2, 0.25) is 21.8 Å². The fraction of sp³-hybridized carbons (Fsp3) is 0.308. The molecule has 3 aromatic rings. The van der Waals surface area contributed by atoms with Crippen LogP contribution in [0.5, 0.6) is 0 Å². The van der Waals surface area contributed by atoms with Crippen LogP contribution in [0.15, 0.2) is 71.6 Å². The summed E-state index contributed by atoms with van der Waals surface area (Å²) in [5, 5.41) is 4.94. The number of benzene rings is 3. The van der Waals surface area contributed by atoms with Gasteiger partial charge < -0.3 is 10.2 Å². The summed E-state index contributed by atoms with van der Waals surface area (Å²) in [4.78, 5) is 27.7. The summed E-state index contributed by atoms with van der Waals surface area (Å²) in [5.41, 5.74) is 0.672. The minimum Gasteiger partial charge on any atom is -0.355 e. The number of hydrogen-bond donors (Lipinski definition) is 1. The van der Waals surface area contributed by atoms with E-state index >= 15 is 0 Å². The fourth-order valence-corrected chi connectivity index (χ4v) is 5.25. The number of nitrogens with one attached hydrogen (secondary N) is 1. The Kier molecular flexibility index (Phi) is 8.88. The molecule has 35 heavy (non-hydrogen) atoms. The zero-order chi connectivity index (χ0) is 25.6. The van der Waals surface area contributed by atoms with Crippen molar-refractivity contribution in [3.63, 3.8) is 0 Å². The van der Waals surface area contributed by atoms with Crippen molar-refractivity contribution in [3.05, 3.63) is 77.3 Å². The first-order valence-corrected chi connectivity index (χ1v) is 13.3. The molecule has 0 saturated heterocycles. The molecule has 0 aliphatic carbocycles. The number of nitrogens with zero attached hydrogens (tertiary/aromatic N) is 2. The molecule has 3 rings (SSSR count). The molecule has 1 atom stereocenters. The van der Waals surface area contributed by atoms with Crippen molar-refractivity contribution in [2.45, 2.75) is 37.8 Å². The second kappa shape index (κ2) is 11.7. The standard InChI is InChI=1S/C26H30ClN3O4S/c1-4-24(26(32)28-5-2)30(17-21-12-8-9-13-23(21)27)25(31)18-29(3)35(33,34)22-15-14-19-10-6-7-11-20(19)16-22/h6-16,24H,4-5,17-18H2,1-3H3,(H,28,32)/t24-/m0/s1. The van der Waals surface area contributed by atoms with Crippen LogP contribution in [0.25, 0.3) is 10.8 Å². The van der Waals surface area contributed by atoms with Crippen LogP contribution in [0.3, 0.4) is 0 Å². The van der Waals surface area contributed by atoms with E-state index in [4.69, 9.17) is 11.6 Å². The number of carbonyl (C=O) groups excluding carboxylic acids is 2. The minimum atomic E-state index is -3.94. The zero-order valence-corrected chi connectivity index (χ0v) is 21.6. The van der Waals surface area contributed by atoms with Crippen molar-refractivity contribution in [2.24, 2.45) is 0 Å². The molecule has 1 N–H and O–H groups in total. The molecule has 0 saturated carbocycles. The predicted octanol–water partition coefficient (Wildman–Crippen LogP) is 4.06. The van der Waals surface area contributed by atoms with Crippen molar-refractivity contribution in [3.8, 4) is 0 Å². The van der Waals surface area contributed by atoms with Gasteiger partial charge in [-0.3, -0.25) is 9.59 Å². The Bertz CT molecular complexity index is 1310. The molecule has 0 unspecified atom stereocenters. The highest BCUT2D eigenvalue weighted by molar-refractivity contribution is 7.89. The van der Waals surface area contributed by atoms with E-state index in [0.29, 0.717) is 23.6 Å². The third kappa shape index (κ3) is 6.20. The minimum absolute atomic E-state index is 0.0814. The summed E-state index contributed by atoms with van der Waals surface area (Å²) in [5.74, 6) is -0.787. The van der Waals surface area contributed by atoms with Crippen LogP contribution >= 0.6 is 11.6 Å². The molecule has 3 aromatic carbocycles. The lowest BCUT2D eigenvalue weighted by atomic mass is 10.1. The SMILES string of the molecule is CCNC(=O)[C@H](CC)N(Cc1ccccc1Cl)C(=O)CN(C)S(=O)(=O)c1ccc2ccccc2c1. The highest BCUT2D eigenvalue weighted by atomic mass is 35.5. The van der Waals surface area contributed by atoms with Crippen molar-refractivity contribution in [1.82, 2.24) is 14.5 Å². The Labute approximate surface area is 211 Å². The second-order valence-electron chi connectivity index (χ2n) is 8.20. The molecule has 186 valence electrons. The van der Waals surface area contributed by atoms with Gasteiger partial charge in [-0.15, -0.1) is 0 Å². The summed E-state index contributed by atoms with van der Waals surface area (Å²) in [6, 6.07) is 18.6. The van der Waals surface area contributed by atoms with Gasteiger partial charge in [0.05, 0.1) is 11.4 Å². The lowest BCUT2D eigenvalue weighted by molar-refractivity contribution is -0.141. The first-order chi connectivity index (χ1) is 16.7. The average molecular weight is 516 g/mol. The summed E-state index contributed by atoms with van der Waals surface area (Å²) in [6.07, 6.45) is 0.364. The number of likely N-dealkylation sites (N-methyl/N-ethyl adjacent to an activating group) is 2. The number of amides is 2. The molecule has 0 aromatic heterocycles. The van der Waals surface area contributed by atoms with Crippen LogP contribution in [-0.2, 0) is 26.2 Å². The van der Waals surface area contributed by atoms with E-state index in [1.165, 1.54) is 18.0 Å². The molecular formula is C26H30ClN3O4S. The Hall–Kier alpha value is -2.94. The first-order valence-electron chi connectivity index (χ1n) is 11.4. The maximum atomic E-state index is 13.5. The molecule has 0 heterocycles. The molecule has 0 aliphatic heterocycles. The van der Waals surface area contributed by atoms with Gasteiger partial charge in [0, 0.05) is 25.2 Å². The summed E-state index contributed by atoms with van der Waals surface area (Å²) in [7, 11) is -2.58. The van der Waals surface area contributed by atoms with Crippen molar-refractivity contribution < 1.29 is 18.0 Å². The molecule has 0 radical (unpaired) electrons. The van der Waals surface area contributed by atoms with Crippen molar-refractivity contribution >= 4 is 44.2 Å². The van der Waals surface area contributed by atoms with Crippen LogP contribution in [-0.4, -0.2) is 55.6 Å². The monoisotopic (exact) mass is 515 g/mol. The maximum Gasteiger partial charge on any atom is 0.243 e. The Balaban J connectivity index is 1.89. The molecule has 9 heteroatoms. The average Bonchev–Trinajstić information content (AvgIpc) is 2.84. The van der Waals surface area contributed by atoms with Gasteiger partial charge in [0.1, 0.15) is 6.04 Å². The van der Waals surface area contributed by atoms with E-state index in [0.717, 1.165) is 15.1 Å². The summed E-state index contributed by atoms with van der Waals surface area (Å²) in [6.45, 7) is 3.68. The summed E-state index contributed by atoms with van der Waals surface area (Å²) < 4.78 is 27.6. The highest BCUT2D eigenvalue weighted by Crippen LogP contribution is 2.23. The van der Waals surface area contributed by atoms with Crippen LogP contribution in [0, 0.1) is 0 Å². The number of sulfonamides is 1. The van der Waals surface area contributed by atoms with E-state index in [2.05, 4.69) is 5.32 Å². The van der Waals surface area contributed by atoms with Gasteiger partial charge in [-0.25, -0.2) is 8.42 Å². The maximum absolute atomic E-state index is 13.5. The molecule has 0 aliphatic rings. The van der Waals surface area contributed by atoms with Gasteiger partial charge in [-0.2, -0.15) is 4.31 Å². The van der Waals surface area contributed by atoms with E-state index < -0.39 is 28.5 Å². The molecular weight excluding hydrogens is 486 g/mol. The van der Waals surface area contributed by atoms with Crippen LogP contribution in [0.4, 0.5) is 0 Å². The lowest BCUT2D eigenvalue weighted by Crippen LogP contribution is -2.51. The Morgan fingerprint density at radius 3 is 2.29 bits per heavy atom. The predicted molar refractivity (Wildman–Crippen MR) is 139 cm³/mol. The Morgan fingerprint density at radius 2 is 1.63 bits per heavy atom. The molecule has 0 bridgehead atoms. The van der Waals surface area contributed by atoms with Gasteiger partial charge in [-0.1, -0.05) is 67.1 Å². The zero-order valence-electron chi connectivity index (χ0n) is 20.1. The third-order valence-corrected chi connectivity index (χ3v) is 7.99. The fourth-order valence-electron chi connectivity index (χ4n) is 3.90. The lowest BCUT2D eigenvalue weighted by Gasteiger charge is -2.32. The largest absolute Gasteiger partial charge is 0.355 e. The number of fused-ring (bicyclic) bond motifs is 1. The van der Waals surface area contributed by atoms with E-state index in [1.807, 2.05) is 31.2 Å². The first kappa shape index (κ1) is 26.7. The molecule has 0 fully saturated rings. The van der Waals surface area contributed by atoms with Crippen molar-refractivity contribution in [2.75, 3.05) is 20.1 Å². The smallest absolute Gasteiger partial charge is 0.243 e. The van der Waals surface area contributed by atoms with Crippen LogP contribution in [0.2, 0.25) is 5.02 Å². The number of hydrogen-bond acceptors (Lipinski definition) is 4. The highest BCUT2D eigenvalue weighted by Gasteiger charge is 2.32. The number of rotatable bonds is 10. The van der Waals surface area contributed by atoms with Gasteiger partial charge in [0.25, 0.3) is 0 Å². The topological polar surface area (TPSA) is 86.8 Å². The van der Waals surface area contributed by atoms with Gasteiger partial charge in [-0.05, 0) is 47.9 Å². The van der Waals surface area contributed by atoms with Crippen molar-refractivity contribution in [1.29, 1.82) is 0 Å². The molecule has 7 nitrogen and oxygen atoms in total. The van der Waals surface area contributed by atoms with Gasteiger partial charge in [0.15, 0.2) is 0 Å².